The normalized spacial score (nSPS) is 18.0. The third-order valence-electron chi connectivity index (χ3n) is 3.93. The van der Waals surface area contributed by atoms with Crippen molar-refractivity contribution in [2.24, 2.45) is 0 Å². The van der Waals surface area contributed by atoms with Gasteiger partial charge < -0.3 is 9.88 Å². The van der Waals surface area contributed by atoms with Crippen LogP contribution in [-0.2, 0) is 0 Å². The number of aryl methyl sites for hydroxylation is 1. The molecular weight excluding hydrogens is 332 g/mol. The molecule has 0 aliphatic carbocycles. The molecule has 1 aliphatic heterocycles. The SMILES string of the molecule is Cc1cc(=O)c(C(=O)N2CCSC[C@H]2c2ccc(Cl)cc2)c[nH]1. The summed E-state index contributed by atoms with van der Waals surface area (Å²) in [6.07, 6.45) is 1.51. The van der Waals surface area contributed by atoms with Crippen LogP contribution in [0, 0.1) is 6.92 Å². The fraction of sp³-hybridized carbons (Fsp3) is 0.294. The van der Waals surface area contributed by atoms with Crippen LogP contribution in [0.15, 0.2) is 41.3 Å². The standard InChI is InChI=1S/C17H17ClN2O2S/c1-11-8-16(21)14(9-19-11)17(22)20-6-7-23-10-15(20)12-2-4-13(18)5-3-12/h2-5,8-9,15H,6-7,10H2,1H3,(H,19,21)/t15-/m0/s1. The number of thioether (sulfide) groups is 1. The van der Waals surface area contributed by atoms with Gasteiger partial charge in [-0.1, -0.05) is 23.7 Å². The highest BCUT2D eigenvalue weighted by Crippen LogP contribution is 2.31. The Kier molecular flexibility index (Phi) is 4.78. The third kappa shape index (κ3) is 3.46. The van der Waals surface area contributed by atoms with E-state index in [0.717, 1.165) is 22.8 Å². The summed E-state index contributed by atoms with van der Waals surface area (Å²) in [5, 5.41) is 0.671. The highest BCUT2D eigenvalue weighted by molar-refractivity contribution is 7.99. The second-order valence-electron chi connectivity index (χ2n) is 5.53. The van der Waals surface area contributed by atoms with Gasteiger partial charge in [0.25, 0.3) is 5.91 Å². The Morgan fingerprint density at radius 2 is 2.09 bits per heavy atom. The quantitative estimate of drug-likeness (QED) is 0.906. The van der Waals surface area contributed by atoms with Gasteiger partial charge in [-0.3, -0.25) is 9.59 Å². The first-order valence-corrected chi connectivity index (χ1v) is 8.93. The molecule has 0 unspecified atom stereocenters. The summed E-state index contributed by atoms with van der Waals surface area (Å²) in [5.41, 5.74) is 1.74. The average Bonchev–Trinajstić information content (AvgIpc) is 2.55. The molecule has 0 bridgehead atoms. The Bertz CT molecular complexity index is 773. The van der Waals surface area contributed by atoms with Crippen molar-refractivity contribution >= 4 is 29.3 Å². The van der Waals surface area contributed by atoms with Crippen LogP contribution in [0.1, 0.15) is 27.7 Å². The molecule has 2 aromatic rings. The van der Waals surface area contributed by atoms with Crippen molar-refractivity contribution in [1.82, 2.24) is 9.88 Å². The minimum atomic E-state index is -0.237. The molecule has 1 saturated heterocycles. The van der Waals surface area contributed by atoms with Crippen molar-refractivity contribution in [3.05, 3.63) is 68.6 Å². The molecule has 2 heterocycles. The second-order valence-corrected chi connectivity index (χ2v) is 7.12. The molecule has 0 spiro atoms. The first kappa shape index (κ1) is 16.1. The van der Waals surface area contributed by atoms with Crippen molar-refractivity contribution in [3.8, 4) is 0 Å². The number of nitrogens with zero attached hydrogens (tertiary/aromatic N) is 1. The smallest absolute Gasteiger partial charge is 0.259 e. The molecule has 1 N–H and O–H groups in total. The highest BCUT2D eigenvalue weighted by Gasteiger charge is 2.30. The number of aromatic nitrogens is 1. The van der Waals surface area contributed by atoms with Gasteiger partial charge >= 0.3 is 0 Å². The number of H-pyrrole nitrogens is 1. The lowest BCUT2D eigenvalue weighted by Crippen LogP contribution is -2.42. The number of nitrogens with one attached hydrogen (secondary N) is 1. The Morgan fingerprint density at radius 1 is 1.35 bits per heavy atom. The van der Waals surface area contributed by atoms with Crippen LogP contribution in [-0.4, -0.2) is 33.8 Å². The largest absolute Gasteiger partial charge is 0.364 e. The first-order valence-electron chi connectivity index (χ1n) is 7.40. The fourth-order valence-corrected chi connectivity index (χ4v) is 3.92. The summed E-state index contributed by atoms with van der Waals surface area (Å²) in [4.78, 5) is 29.7. The van der Waals surface area contributed by atoms with Crippen molar-refractivity contribution in [1.29, 1.82) is 0 Å². The molecule has 0 saturated carbocycles. The monoisotopic (exact) mass is 348 g/mol. The van der Waals surface area contributed by atoms with Crippen LogP contribution in [0.4, 0.5) is 0 Å². The van der Waals surface area contributed by atoms with Crippen molar-refractivity contribution in [2.75, 3.05) is 18.1 Å². The van der Waals surface area contributed by atoms with Gasteiger partial charge in [0.05, 0.1) is 6.04 Å². The number of hydrogen-bond donors (Lipinski definition) is 1. The molecule has 1 aliphatic rings. The zero-order valence-electron chi connectivity index (χ0n) is 12.7. The molecular formula is C17H17ClN2O2S. The number of rotatable bonds is 2. The molecule has 4 nitrogen and oxygen atoms in total. The molecule has 3 rings (SSSR count). The van der Waals surface area contributed by atoms with E-state index in [0.29, 0.717) is 11.6 Å². The Balaban J connectivity index is 1.93. The van der Waals surface area contributed by atoms with Gasteiger partial charge in [0, 0.05) is 41.0 Å². The van der Waals surface area contributed by atoms with E-state index in [9.17, 15) is 9.59 Å². The number of pyridine rings is 1. The van der Waals surface area contributed by atoms with E-state index < -0.39 is 0 Å². The molecule has 1 atom stereocenters. The molecule has 23 heavy (non-hydrogen) atoms. The van der Waals surface area contributed by atoms with Gasteiger partial charge in [0.1, 0.15) is 5.56 Å². The molecule has 1 aromatic heterocycles. The number of aromatic amines is 1. The van der Waals surface area contributed by atoms with Crippen LogP contribution in [0.25, 0.3) is 0 Å². The van der Waals surface area contributed by atoms with E-state index in [4.69, 9.17) is 11.6 Å². The Labute approximate surface area is 143 Å². The fourth-order valence-electron chi connectivity index (χ4n) is 2.70. The van der Waals surface area contributed by atoms with E-state index in [-0.39, 0.29) is 22.9 Å². The number of carbonyl (C=O) groups excluding carboxylic acids is 1. The van der Waals surface area contributed by atoms with Gasteiger partial charge in [0.2, 0.25) is 0 Å². The van der Waals surface area contributed by atoms with Crippen LogP contribution in [0.5, 0.6) is 0 Å². The number of hydrogen-bond acceptors (Lipinski definition) is 3. The summed E-state index contributed by atoms with van der Waals surface area (Å²) in [7, 11) is 0. The zero-order chi connectivity index (χ0) is 16.4. The summed E-state index contributed by atoms with van der Waals surface area (Å²) in [6, 6.07) is 8.97. The van der Waals surface area contributed by atoms with E-state index in [1.165, 1.54) is 12.3 Å². The number of carbonyl (C=O) groups is 1. The maximum absolute atomic E-state index is 12.9. The lowest BCUT2D eigenvalue weighted by atomic mass is 10.1. The second kappa shape index (κ2) is 6.81. The molecule has 120 valence electrons. The number of amides is 1. The van der Waals surface area contributed by atoms with E-state index in [2.05, 4.69) is 4.98 Å². The van der Waals surface area contributed by atoms with Crippen molar-refractivity contribution in [3.63, 3.8) is 0 Å². The molecule has 1 aromatic carbocycles. The summed E-state index contributed by atoms with van der Waals surface area (Å²) >= 11 is 7.76. The molecule has 1 fully saturated rings. The van der Waals surface area contributed by atoms with Gasteiger partial charge in [-0.2, -0.15) is 11.8 Å². The minimum Gasteiger partial charge on any atom is -0.364 e. The van der Waals surface area contributed by atoms with Gasteiger partial charge in [-0.05, 0) is 24.6 Å². The first-order chi connectivity index (χ1) is 11.1. The minimum absolute atomic E-state index is 0.0424. The summed E-state index contributed by atoms with van der Waals surface area (Å²) < 4.78 is 0. The maximum Gasteiger partial charge on any atom is 0.259 e. The third-order valence-corrected chi connectivity index (χ3v) is 5.21. The van der Waals surface area contributed by atoms with Gasteiger partial charge in [0.15, 0.2) is 5.43 Å². The van der Waals surface area contributed by atoms with Gasteiger partial charge in [-0.15, -0.1) is 0 Å². The summed E-state index contributed by atoms with van der Waals surface area (Å²) in [6.45, 7) is 2.42. The van der Waals surface area contributed by atoms with E-state index in [1.807, 2.05) is 36.0 Å². The summed E-state index contributed by atoms with van der Waals surface area (Å²) in [5.74, 6) is 1.48. The molecule has 1 amide bonds. The predicted molar refractivity (Wildman–Crippen MR) is 94.4 cm³/mol. The lowest BCUT2D eigenvalue weighted by Gasteiger charge is -2.35. The predicted octanol–water partition coefficient (Wildman–Crippen LogP) is 3.27. The number of halogens is 1. The molecule has 6 heteroatoms. The van der Waals surface area contributed by atoms with Gasteiger partial charge in [-0.25, -0.2) is 0 Å². The van der Waals surface area contributed by atoms with Crippen molar-refractivity contribution < 1.29 is 4.79 Å². The van der Waals surface area contributed by atoms with Crippen LogP contribution >= 0.6 is 23.4 Å². The van der Waals surface area contributed by atoms with E-state index in [1.54, 1.807) is 11.8 Å². The molecule has 0 radical (unpaired) electrons. The average molecular weight is 349 g/mol. The van der Waals surface area contributed by atoms with Crippen molar-refractivity contribution in [2.45, 2.75) is 13.0 Å². The van der Waals surface area contributed by atoms with E-state index >= 15 is 0 Å². The zero-order valence-corrected chi connectivity index (χ0v) is 14.3. The Morgan fingerprint density at radius 3 is 2.78 bits per heavy atom. The Hall–Kier alpha value is -1.72. The van der Waals surface area contributed by atoms with Crippen LogP contribution in [0.3, 0.4) is 0 Å². The topological polar surface area (TPSA) is 53.2 Å². The highest BCUT2D eigenvalue weighted by atomic mass is 35.5. The van der Waals surface area contributed by atoms with Crippen LogP contribution < -0.4 is 5.43 Å². The van der Waals surface area contributed by atoms with Crippen LogP contribution in [0.2, 0.25) is 5.02 Å². The maximum atomic E-state index is 12.9. The lowest BCUT2D eigenvalue weighted by molar-refractivity contribution is 0.0699. The number of benzene rings is 1.